The lowest BCUT2D eigenvalue weighted by Gasteiger charge is -2.38. The topological polar surface area (TPSA) is 24.1 Å². The summed E-state index contributed by atoms with van der Waals surface area (Å²) in [6.45, 7) is 8.05. The minimum absolute atomic E-state index is 0.279. The minimum atomic E-state index is 0.279. The van der Waals surface area contributed by atoms with E-state index in [4.69, 9.17) is 0 Å². The van der Waals surface area contributed by atoms with Gasteiger partial charge in [-0.2, -0.15) is 0 Å². The van der Waals surface area contributed by atoms with Gasteiger partial charge in [0.15, 0.2) is 0 Å². The number of nitrogens with one attached hydrogen (secondary N) is 2. The van der Waals surface area contributed by atoms with E-state index in [1.807, 2.05) is 0 Å². The summed E-state index contributed by atoms with van der Waals surface area (Å²) in [7, 11) is 0. The van der Waals surface area contributed by atoms with Gasteiger partial charge in [0.25, 0.3) is 0 Å². The van der Waals surface area contributed by atoms with Crippen LogP contribution in [0.1, 0.15) is 46.5 Å². The maximum Gasteiger partial charge on any atom is 0.0694 e. The first-order chi connectivity index (χ1) is 6.02. The van der Waals surface area contributed by atoms with E-state index in [0.717, 1.165) is 12.5 Å². The van der Waals surface area contributed by atoms with E-state index in [0.29, 0.717) is 0 Å². The highest BCUT2D eigenvalue weighted by Gasteiger charge is 2.43. The second-order valence-corrected chi connectivity index (χ2v) is 5.65. The largest absolute Gasteiger partial charge is 0.297 e. The van der Waals surface area contributed by atoms with Crippen LogP contribution in [0.4, 0.5) is 0 Å². The van der Waals surface area contributed by atoms with Crippen molar-refractivity contribution in [2.45, 2.75) is 57.7 Å². The van der Waals surface area contributed by atoms with E-state index in [9.17, 15) is 0 Å². The summed E-state index contributed by atoms with van der Waals surface area (Å²) >= 11 is 0. The number of rotatable bonds is 0. The molecular weight excluding hydrogens is 160 g/mol. The van der Waals surface area contributed by atoms with Crippen LogP contribution in [0.25, 0.3) is 0 Å². The molecule has 0 radical (unpaired) electrons. The summed E-state index contributed by atoms with van der Waals surface area (Å²) in [6.07, 6.45) is 5.39. The Balaban J connectivity index is 2.05. The Morgan fingerprint density at radius 2 is 2.08 bits per heavy atom. The van der Waals surface area contributed by atoms with E-state index in [2.05, 4.69) is 31.4 Å². The second-order valence-electron chi connectivity index (χ2n) is 5.65. The fourth-order valence-corrected chi connectivity index (χ4v) is 2.95. The van der Waals surface area contributed by atoms with Crippen molar-refractivity contribution in [1.29, 1.82) is 0 Å². The molecule has 2 aliphatic rings. The third kappa shape index (κ3) is 1.89. The highest BCUT2D eigenvalue weighted by Crippen LogP contribution is 2.34. The molecule has 0 aromatic carbocycles. The zero-order valence-electron chi connectivity index (χ0n) is 9.11. The van der Waals surface area contributed by atoms with Crippen LogP contribution in [0.3, 0.4) is 0 Å². The Hall–Kier alpha value is -0.0800. The van der Waals surface area contributed by atoms with Gasteiger partial charge in [-0.25, -0.2) is 0 Å². The van der Waals surface area contributed by atoms with Crippen LogP contribution in [0.5, 0.6) is 0 Å². The Kier molecular flexibility index (Phi) is 2.16. The van der Waals surface area contributed by atoms with Crippen molar-refractivity contribution in [1.82, 2.24) is 10.6 Å². The predicted molar refractivity (Wildman–Crippen MR) is 55.6 cm³/mol. The van der Waals surface area contributed by atoms with Gasteiger partial charge in [-0.05, 0) is 32.6 Å². The normalized spacial score (nSPS) is 44.1. The van der Waals surface area contributed by atoms with Crippen molar-refractivity contribution in [3.63, 3.8) is 0 Å². The molecule has 0 aromatic heterocycles. The molecule has 1 aliphatic carbocycles. The fourth-order valence-electron chi connectivity index (χ4n) is 2.95. The predicted octanol–water partition coefficient (Wildman–Crippen LogP) is 1.86. The van der Waals surface area contributed by atoms with Crippen LogP contribution in [0.15, 0.2) is 0 Å². The van der Waals surface area contributed by atoms with E-state index in [1.165, 1.54) is 25.7 Å². The fraction of sp³-hybridized carbons (Fsp3) is 1.00. The highest BCUT2D eigenvalue weighted by atomic mass is 15.3. The first-order valence-corrected chi connectivity index (χ1v) is 5.56. The molecule has 2 atom stereocenters. The van der Waals surface area contributed by atoms with Gasteiger partial charge in [-0.15, -0.1) is 0 Å². The molecule has 1 spiro atoms. The maximum absolute atomic E-state index is 3.76. The summed E-state index contributed by atoms with van der Waals surface area (Å²) in [4.78, 5) is 0. The van der Waals surface area contributed by atoms with E-state index < -0.39 is 0 Å². The Morgan fingerprint density at radius 1 is 1.31 bits per heavy atom. The summed E-state index contributed by atoms with van der Waals surface area (Å²) < 4.78 is 0. The molecule has 2 nitrogen and oxygen atoms in total. The highest BCUT2D eigenvalue weighted by molar-refractivity contribution is 5.03. The first-order valence-electron chi connectivity index (χ1n) is 5.56. The van der Waals surface area contributed by atoms with Crippen molar-refractivity contribution < 1.29 is 0 Å². The molecule has 0 bridgehead atoms. The molecule has 1 saturated carbocycles. The summed E-state index contributed by atoms with van der Waals surface area (Å²) in [6, 6.07) is 0. The summed E-state index contributed by atoms with van der Waals surface area (Å²) in [5, 5.41) is 7.45. The van der Waals surface area contributed by atoms with Crippen LogP contribution in [-0.4, -0.2) is 17.7 Å². The van der Waals surface area contributed by atoms with Gasteiger partial charge in [-0.1, -0.05) is 19.8 Å². The molecule has 0 amide bonds. The molecular formula is C11H22N2. The third-order valence-electron chi connectivity index (χ3n) is 3.44. The van der Waals surface area contributed by atoms with Gasteiger partial charge < -0.3 is 0 Å². The maximum atomic E-state index is 3.76. The number of hydrogen-bond donors (Lipinski definition) is 2. The molecule has 2 unspecified atom stereocenters. The van der Waals surface area contributed by atoms with Crippen LogP contribution in [0, 0.1) is 5.92 Å². The Morgan fingerprint density at radius 3 is 2.62 bits per heavy atom. The van der Waals surface area contributed by atoms with Crippen molar-refractivity contribution >= 4 is 0 Å². The van der Waals surface area contributed by atoms with Gasteiger partial charge in [0.05, 0.1) is 5.66 Å². The van der Waals surface area contributed by atoms with Gasteiger partial charge in [0.1, 0.15) is 0 Å². The lowest BCUT2D eigenvalue weighted by Crippen LogP contribution is -2.54. The first kappa shape index (κ1) is 9.47. The molecule has 1 aliphatic heterocycles. The Bertz CT molecular complexity index is 200. The van der Waals surface area contributed by atoms with Gasteiger partial charge in [0.2, 0.25) is 0 Å². The van der Waals surface area contributed by atoms with E-state index in [-0.39, 0.29) is 11.2 Å². The molecule has 2 N–H and O–H groups in total. The van der Waals surface area contributed by atoms with Gasteiger partial charge in [-0.3, -0.25) is 10.6 Å². The monoisotopic (exact) mass is 182 g/mol. The zero-order chi connectivity index (χ0) is 9.53. The average molecular weight is 182 g/mol. The SMILES string of the molecule is CC1CCCC2(C1)NCC(C)(C)N2. The molecule has 2 rings (SSSR count). The van der Waals surface area contributed by atoms with Crippen molar-refractivity contribution in [2.24, 2.45) is 5.92 Å². The molecule has 76 valence electrons. The average Bonchev–Trinajstić information content (AvgIpc) is 2.26. The van der Waals surface area contributed by atoms with Crippen molar-refractivity contribution in [3.05, 3.63) is 0 Å². The lowest BCUT2D eigenvalue weighted by atomic mass is 9.82. The molecule has 1 heterocycles. The van der Waals surface area contributed by atoms with E-state index in [1.54, 1.807) is 0 Å². The molecule has 2 fully saturated rings. The van der Waals surface area contributed by atoms with E-state index >= 15 is 0 Å². The van der Waals surface area contributed by atoms with Crippen LogP contribution >= 0.6 is 0 Å². The van der Waals surface area contributed by atoms with Gasteiger partial charge in [0, 0.05) is 12.1 Å². The molecule has 13 heavy (non-hydrogen) atoms. The van der Waals surface area contributed by atoms with Crippen molar-refractivity contribution in [2.75, 3.05) is 6.54 Å². The molecule has 0 aromatic rings. The molecule has 2 heteroatoms. The minimum Gasteiger partial charge on any atom is -0.297 e. The molecule has 1 saturated heterocycles. The van der Waals surface area contributed by atoms with Crippen LogP contribution in [0.2, 0.25) is 0 Å². The van der Waals surface area contributed by atoms with Gasteiger partial charge >= 0.3 is 0 Å². The van der Waals surface area contributed by atoms with Crippen LogP contribution in [-0.2, 0) is 0 Å². The summed E-state index contributed by atoms with van der Waals surface area (Å²) in [5.74, 6) is 0.877. The van der Waals surface area contributed by atoms with Crippen LogP contribution < -0.4 is 10.6 Å². The third-order valence-corrected chi connectivity index (χ3v) is 3.44. The Labute approximate surface area is 81.5 Å². The smallest absolute Gasteiger partial charge is 0.0694 e. The van der Waals surface area contributed by atoms with Crippen molar-refractivity contribution in [3.8, 4) is 0 Å². The number of hydrogen-bond acceptors (Lipinski definition) is 2. The second kappa shape index (κ2) is 2.96. The quantitative estimate of drug-likeness (QED) is 0.597. The summed E-state index contributed by atoms with van der Waals surface area (Å²) in [5.41, 5.74) is 0.568. The zero-order valence-corrected chi connectivity index (χ0v) is 9.11. The lowest BCUT2D eigenvalue weighted by molar-refractivity contribution is 0.174. The standard InChI is InChI=1S/C11H22N2/c1-9-5-4-6-11(7-9)12-8-10(2,3)13-11/h9,12-13H,4-8H2,1-3H3.